The quantitative estimate of drug-likeness (QED) is 0.449. The van der Waals surface area contributed by atoms with E-state index in [0.29, 0.717) is 23.8 Å². The smallest absolute Gasteiger partial charge is 0.281 e. The topological polar surface area (TPSA) is 59.9 Å². The molecule has 3 aromatic carbocycles. The van der Waals surface area contributed by atoms with Gasteiger partial charge in [-0.1, -0.05) is 91.0 Å². The number of benzene rings is 3. The molecule has 0 unspecified atom stereocenters. The lowest BCUT2D eigenvalue weighted by atomic mass is 10.1. The molecule has 0 fully saturated rings. The largest absolute Gasteiger partial charge is 0.480 e. The number of methoxy groups -OCH3 is 1. The first kappa shape index (κ1) is 18.9. The molecular formula is C26H21N3O2. The maximum absolute atomic E-state index is 13.5. The number of hydrogen-bond acceptors (Lipinski definition) is 3. The van der Waals surface area contributed by atoms with Gasteiger partial charge in [-0.3, -0.25) is 4.79 Å². The molecule has 152 valence electrons. The van der Waals surface area contributed by atoms with E-state index in [0.717, 1.165) is 28.1 Å². The fraction of sp³-hybridized carbons (Fsp3) is 0.0769. The van der Waals surface area contributed by atoms with Gasteiger partial charge in [0.2, 0.25) is 5.88 Å². The first-order valence-electron chi connectivity index (χ1n) is 10.1. The third-order valence-electron chi connectivity index (χ3n) is 5.33. The second-order valence-electron chi connectivity index (χ2n) is 7.30. The molecular weight excluding hydrogens is 386 g/mol. The van der Waals surface area contributed by atoms with Crippen molar-refractivity contribution in [3.63, 3.8) is 0 Å². The Labute approximate surface area is 180 Å². The van der Waals surface area contributed by atoms with E-state index in [9.17, 15) is 4.79 Å². The highest BCUT2D eigenvalue weighted by Crippen LogP contribution is 2.35. The van der Waals surface area contributed by atoms with E-state index in [2.05, 4.69) is 4.98 Å². The Balaban J connectivity index is 1.80. The zero-order chi connectivity index (χ0) is 21.2. The summed E-state index contributed by atoms with van der Waals surface area (Å²) in [5, 5.41) is 0. The number of aromatic amines is 1. The minimum absolute atomic E-state index is 0.168. The molecule has 5 heteroatoms. The molecule has 2 aliphatic heterocycles. The normalized spacial score (nSPS) is 11.0. The molecule has 0 spiro atoms. The molecule has 5 rings (SSSR count). The van der Waals surface area contributed by atoms with Crippen LogP contribution in [0.25, 0.3) is 28.3 Å². The molecule has 0 aliphatic carbocycles. The predicted molar refractivity (Wildman–Crippen MR) is 122 cm³/mol. The van der Waals surface area contributed by atoms with Crippen LogP contribution in [-0.4, -0.2) is 21.6 Å². The molecule has 0 aromatic heterocycles. The first-order chi connectivity index (χ1) is 15.3. The van der Waals surface area contributed by atoms with Gasteiger partial charge in [-0.05, 0) is 5.56 Å². The van der Waals surface area contributed by atoms with Crippen LogP contribution in [-0.2, 0) is 6.42 Å². The maximum atomic E-state index is 13.5. The number of fused-ring (bicyclic) bond motifs is 1. The minimum Gasteiger partial charge on any atom is -0.480 e. The summed E-state index contributed by atoms with van der Waals surface area (Å²) in [6.45, 7) is 0. The van der Waals surface area contributed by atoms with Crippen molar-refractivity contribution in [1.82, 2.24) is 14.5 Å². The van der Waals surface area contributed by atoms with E-state index in [1.54, 1.807) is 11.7 Å². The van der Waals surface area contributed by atoms with Crippen molar-refractivity contribution in [1.29, 1.82) is 0 Å². The van der Waals surface area contributed by atoms with Crippen LogP contribution in [0.4, 0.5) is 0 Å². The van der Waals surface area contributed by atoms with E-state index in [4.69, 9.17) is 9.72 Å². The molecule has 0 atom stereocenters. The van der Waals surface area contributed by atoms with Crippen molar-refractivity contribution in [2.75, 3.05) is 7.11 Å². The summed E-state index contributed by atoms with van der Waals surface area (Å²) in [5.41, 5.74) is 4.74. The maximum Gasteiger partial charge on any atom is 0.281 e. The summed E-state index contributed by atoms with van der Waals surface area (Å²) in [5.74, 6) is 0.997. The highest BCUT2D eigenvalue weighted by molar-refractivity contribution is 5.75. The SMILES string of the molecule is COc1c(-c2ccccc2)[nH]c(-c2ccccc2)c2nc(Cc3ccccc3)c(=O)n1-2. The van der Waals surface area contributed by atoms with Gasteiger partial charge in [-0.2, -0.15) is 0 Å². The van der Waals surface area contributed by atoms with Gasteiger partial charge in [0.15, 0.2) is 5.82 Å². The molecule has 0 saturated heterocycles. The Morgan fingerprint density at radius 3 is 1.94 bits per heavy atom. The number of ether oxygens (including phenoxy) is 1. The fourth-order valence-electron chi connectivity index (χ4n) is 3.86. The van der Waals surface area contributed by atoms with Crippen LogP contribution >= 0.6 is 0 Å². The van der Waals surface area contributed by atoms with Gasteiger partial charge in [-0.15, -0.1) is 0 Å². The molecule has 2 heterocycles. The molecule has 0 amide bonds. The summed E-state index contributed by atoms with van der Waals surface area (Å²) < 4.78 is 7.32. The second kappa shape index (κ2) is 7.95. The van der Waals surface area contributed by atoms with Gasteiger partial charge >= 0.3 is 0 Å². The highest BCUT2D eigenvalue weighted by Gasteiger charge is 2.26. The summed E-state index contributed by atoms with van der Waals surface area (Å²) in [6, 6.07) is 29.7. The van der Waals surface area contributed by atoms with Crippen LogP contribution in [0, 0.1) is 0 Å². The van der Waals surface area contributed by atoms with Crippen LogP contribution in [0.1, 0.15) is 11.3 Å². The van der Waals surface area contributed by atoms with Crippen molar-refractivity contribution in [3.05, 3.63) is 113 Å². The fourth-order valence-corrected chi connectivity index (χ4v) is 3.86. The van der Waals surface area contributed by atoms with Crippen LogP contribution in [0.3, 0.4) is 0 Å². The second-order valence-corrected chi connectivity index (χ2v) is 7.30. The Morgan fingerprint density at radius 1 is 0.806 bits per heavy atom. The van der Waals surface area contributed by atoms with Crippen molar-refractivity contribution in [2.45, 2.75) is 6.42 Å². The van der Waals surface area contributed by atoms with Gasteiger partial charge < -0.3 is 9.72 Å². The number of nitrogens with zero attached hydrogens (tertiary/aromatic N) is 2. The molecule has 1 N–H and O–H groups in total. The number of rotatable bonds is 5. The van der Waals surface area contributed by atoms with E-state index in [-0.39, 0.29) is 5.56 Å². The lowest BCUT2D eigenvalue weighted by Crippen LogP contribution is -2.19. The lowest BCUT2D eigenvalue weighted by molar-refractivity contribution is 0.385. The number of nitrogens with one attached hydrogen (secondary N) is 1. The van der Waals surface area contributed by atoms with Gasteiger partial charge in [-0.25, -0.2) is 9.55 Å². The highest BCUT2D eigenvalue weighted by atomic mass is 16.5. The van der Waals surface area contributed by atoms with Crippen molar-refractivity contribution in [3.8, 4) is 34.2 Å². The average molecular weight is 407 g/mol. The molecule has 0 bridgehead atoms. The molecule has 2 aliphatic rings. The van der Waals surface area contributed by atoms with Gasteiger partial charge in [0.1, 0.15) is 11.4 Å². The van der Waals surface area contributed by atoms with E-state index in [1.807, 2.05) is 91.0 Å². The Kier molecular flexibility index (Phi) is 4.84. The third kappa shape index (κ3) is 3.40. The third-order valence-corrected chi connectivity index (χ3v) is 5.33. The van der Waals surface area contributed by atoms with Crippen LogP contribution in [0.2, 0.25) is 0 Å². The standard InChI is InChI=1S/C26H21N3O2/c1-31-26-23(20-15-9-4-10-16-20)28-22(19-13-7-3-8-14-19)24-27-21(25(30)29(24)26)17-18-11-5-2-6-12-18/h2-16,28H,17H2,1H3. The Hall–Kier alpha value is -4.12. The van der Waals surface area contributed by atoms with Gasteiger partial charge in [0.25, 0.3) is 5.56 Å². The minimum atomic E-state index is -0.168. The zero-order valence-corrected chi connectivity index (χ0v) is 17.1. The molecule has 3 aromatic rings. The Morgan fingerprint density at radius 2 is 1.35 bits per heavy atom. The number of hydrogen-bond donors (Lipinski definition) is 1. The molecule has 5 nitrogen and oxygen atoms in total. The van der Waals surface area contributed by atoms with Crippen molar-refractivity contribution >= 4 is 0 Å². The van der Waals surface area contributed by atoms with Crippen LogP contribution in [0.15, 0.2) is 95.8 Å². The zero-order valence-electron chi connectivity index (χ0n) is 17.1. The monoisotopic (exact) mass is 407 g/mol. The Bertz CT molecular complexity index is 1340. The summed E-state index contributed by atoms with van der Waals surface area (Å²) >= 11 is 0. The lowest BCUT2D eigenvalue weighted by Gasteiger charge is -2.18. The molecule has 0 radical (unpaired) electrons. The van der Waals surface area contributed by atoms with E-state index < -0.39 is 0 Å². The summed E-state index contributed by atoms with van der Waals surface area (Å²) in [6.07, 6.45) is 0.458. The van der Waals surface area contributed by atoms with E-state index >= 15 is 0 Å². The predicted octanol–water partition coefficient (Wildman–Crippen LogP) is 4.93. The van der Waals surface area contributed by atoms with E-state index in [1.165, 1.54) is 0 Å². The number of aromatic nitrogens is 3. The number of H-pyrrole nitrogens is 1. The molecule has 0 saturated carbocycles. The first-order valence-corrected chi connectivity index (χ1v) is 10.1. The van der Waals surface area contributed by atoms with Gasteiger partial charge in [0, 0.05) is 17.5 Å². The van der Waals surface area contributed by atoms with Crippen LogP contribution < -0.4 is 10.3 Å². The molecule has 31 heavy (non-hydrogen) atoms. The van der Waals surface area contributed by atoms with Crippen LogP contribution in [0.5, 0.6) is 5.88 Å². The summed E-state index contributed by atoms with van der Waals surface area (Å²) in [7, 11) is 1.58. The van der Waals surface area contributed by atoms with Crippen molar-refractivity contribution < 1.29 is 4.74 Å². The number of imidazole rings is 1. The average Bonchev–Trinajstić information content (AvgIpc) is 3.15. The summed E-state index contributed by atoms with van der Waals surface area (Å²) in [4.78, 5) is 21.7. The van der Waals surface area contributed by atoms with Crippen molar-refractivity contribution in [2.24, 2.45) is 0 Å². The van der Waals surface area contributed by atoms with Gasteiger partial charge in [0.05, 0.1) is 12.8 Å².